The van der Waals surface area contributed by atoms with E-state index in [0.717, 1.165) is 12.8 Å². The van der Waals surface area contributed by atoms with Crippen LogP contribution in [-0.2, 0) is 0 Å². The van der Waals surface area contributed by atoms with Crippen LogP contribution >= 0.6 is 0 Å². The van der Waals surface area contributed by atoms with Gasteiger partial charge in [-0.15, -0.1) is 5.92 Å². The highest BCUT2D eigenvalue weighted by atomic mass is 19.1. The third-order valence-electron chi connectivity index (χ3n) is 1.57. The third kappa shape index (κ3) is 7.56. The highest BCUT2D eigenvalue weighted by molar-refractivity contribution is 5.04. The van der Waals surface area contributed by atoms with E-state index < -0.39 is 12.8 Å². The summed E-state index contributed by atoms with van der Waals surface area (Å²) in [5.74, 6) is 5.05. The van der Waals surface area contributed by atoms with E-state index >= 15 is 0 Å². The highest BCUT2D eigenvalue weighted by Gasteiger charge is 1.94. The molecule has 0 saturated carbocycles. The summed E-state index contributed by atoms with van der Waals surface area (Å²) in [6.45, 7) is 1.66. The first-order valence-electron chi connectivity index (χ1n) is 4.54. The number of rotatable bonds is 5. The van der Waals surface area contributed by atoms with Crippen molar-refractivity contribution in [2.45, 2.75) is 45.2 Å². The van der Waals surface area contributed by atoms with E-state index in [9.17, 15) is 4.39 Å². The van der Waals surface area contributed by atoms with Crippen LogP contribution in [0.3, 0.4) is 0 Å². The lowest BCUT2D eigenvalue weighted by atomic mass is 10.1. The second-order valence-electron chi connectivity index (χ2n) is 2.78. The second kappa shape index (κ2) is 8.55. The number of aliphatic hydroxyl groups excluding tert-OH is 1. The van der Waals surface area contributed by atoms with E-state index in [1.54, 1.807) is 0 Å². The highest BCUT2D eigenvalue weighted by Crippen LogP contribution is 2.01. The first-order valence-corrected chi connectivity index (χ1v) is 4.54. The molecule has 0 aromatic rings. The quantitative estimate of drug-likeness (QED) is 0.498. The Labute approximate surface area is 74.0 Å². The predicted molar refractivity (Wildman–Crippen MR) is 48.5 cm³/mol. The normalized spacial score (nSPS) is 11.9. The lowest BCUT2D eigenvalue weighted by Crippen LogP contribution is -2.01. The Kier molecular flexibility index (Phi) is 8.15. The van der Waals surface area contributed by atoms with Crippen molar-refractivity contribution in [3.05, 3.63) is 0 Å². The monoisotopic (exact) mass is 172 g/mol. The van der Waals surface area contributed by atoms with Gasteiger partial charge in [-0.3, -0.25) is 0 Å². The van der Waals surface area contributed by atoms with Crippen LogP contribution in [0, 0.1) is 11.8 Å². The molecule has 1 N–H and O–H groups in total. The lowest BCUT2D eigenvalue weighted by Gasteiger charge is -1.93. The topological polar surface area (TPSA) is 20.2 Å². The molecule has 0 spiro atoms. The molecule has 0 saturated heterocycles. The van der Waals surface area contributed by atoms with E-state index in [1.807, 2.05) is 0 Å². The minimum Gasteiger partial charge on any atom is -0.392 e. The molecule has 0 heterocycles. The minimum atomic E-state index is -1.35. The summed E-state index contributed by atoms with van der Waals surface area (Å²) in [6, 6.07) is 0. The maximum atomic E-state index is 12.3. The number of alkyl halides is 1. The molecule has 12 heavy (non-hydrogen) atoms. The van der Waals surface area contributed by atoms with Gasteiger partial charge in [0.15, 0.2) is 6.17 Å². The van der Waals surface area contributed by atoms with Gasteiger partial charge in [-0.25, -0.2) is 4.39 Å². The molecule has 0 rings (SSSR count). The van der Waals surface area contributed by atoms with Crippen LogP contribution in [0.2, 0.25) is 0 Å². The number of hydrogen-bond donors (Lipinski definition) is 1. The van der Waals surface area contributed by atoms with Gasteiger partial charge in [0.1, 0.15) is 0 Å². The van der Waals surface area contributed by atoms with E-state index in [4.69, 9.17) is 5.11 Å². The second-order valence-corrected chi connectivity index (χ2v) is 2.78. The number of aliphatic hydroxyl groups is 1. The first kappa shape index (κ1) is 11.4. The third-order valence-corrected chi connectivity index (χ3v) is 1.57. The number of unbranched alkanes of at least 4 members (excludes halogenated alkanes) is 4. The fourth-order valence-electron chi connectivity index (χ4n) is 0.869. The summed E-state index contributed by atoms with van der Waals surface area (Å²) in [5, 5.41) is 8.30. The first-order chi connectivity index (χ1) is 5.81. The van der Waals surface area contributed by atoms with Crippen molar-refractivity contribution in [1.29, 1.82) is 0 Å². The molecule has 0 aliphatic heterocycles. The molecule has 0 aliphatic rings. The largest absolute Gasteiger partial charge is 0.392 e. The molecule has 0 fully saturated rings. The fraction of sp³-hybridized carbons (Fsp3) is 0.800. The van der Waals surface area contributed by atoms with Crippen LogP contribution in [0.25, 0.3) is 0 Å². The van der Waals surface area contributed by atoms with Gasteiger partial charge in [-0.05, 0) is 6.42 Å². The zero-order valence-electron chi connectivity index (χ0n) is 7.65. The number of halogens is 1. The van der Waals surface area contributed by atoms with Crippen LogP contribution in [0.5, 0.6) is 0 Å². The van der Waals surface area contributed by atoms with Gasteiger partial charge in [0.25, 0.3) is 0 Å². The minimum absolute atomic E-state index is 0.484. The fourth-order valence-corrected chi connectivity index (χ4v) is 0.869. The molecule has 0 aromatic carbocycles. The lowest BCUT2D eigenvalue weighted by molar-refractivity contribution is 0.215. The molecule has 0 bridgehead atoms. The van der Waals surface area contributed by atoms with Crippen molar-refractivity contribution >= 4 is 0 Å². The summed E-state index contributed by atoms with van der Waals surface area (Å²) in [5.41, 5.74) is 0. The van der Waals surface area contributed by atoms with Gasteiger partial charge in [-0.2, -0.15) is 0 Å². The summed E-state index contributed by atoms with van der Waals surface area (Å²) in [4.78, 5) is 0. The molecule has 0 radical (unpaired) electrons. The maximum Gasteiger partial charge on any atom is 0.183 e. The van der Waals surface area contributed by atoms with Crippen molar-refractivity contribution in [2.75, 3.05) is 6.61 Å². The Morgan fingerprint density at radius 2 is 2.08 bits per heavy atom. The molecular weight excluding hydrogens is 155 g/mol. The maximum absolute atomic E-state index is 12.3. The zero-order valence-corrected chi connectivity index (χ0v) is 7.65. The van der Waals surface area contributed by atoms with E-state index in [-0.39, 0.29) is 0 Å². The molecule has 0 unspecified atom stereocenters. The van der Waals surface area contributed by atoms with Crippen molar-refractivity contribution < 1.29 is 9.50 Å². The average Bonchev–Trinajstić information content (AvgIpc) is 2.10. The van der Waals surface area contributed by atoms with Crippen LogP contribution in [0.15, 0.2) is 0 Å². The molecule has 1 nitrogen and oxygen atoms in total. The van der Waals surface area contributed by atoms with Crippen LogP contribution in [-0.4, -0.2) is 17.9 Å². The Balaban J connectivity index is 3.21. The molecule has 0 aliphatic carbocycles. The average molecular weight is 172 g/mol. The van der Waals surface area contributed by atoms with Crippen LogP contribution in [0.4, 0.5) is 4.39 Å². The van der Waals surface area contributed by atoms with Crippen molar-refractivity contribution in [1.82, 2.24) is 0 Å². The van der Waals surface area contributed by atoms with E-state index in [0.29, 0.717) is 0 Å². The van der Waals surface area contributed by atoms with Gasteiger partial charge in [0, 0.05) is 6.42 Å². The molecule has 1 atom stereocenters. The Hall–Kier alpha value is -0.550. The van der Waals surface area contributed by atoms with Crippen molar-refractivity contribution in [2.24, 2.45) is 0 Å². The summed E-state index contributed by atoms with van der Waals surface area (Å²) < 4.78 is 12.3. The Morgan fingerprint density at radius 1 is 1.33 bits per heavy atom. The van der Waals surface area contributed by atoms with Crippen molar-refractivity contribution in [3.8, 4) is 11.8 Å². The summed E-state index contributed by atoms with van der Waals surface area (Å²) in [6.07, 6.45) is 4.04. The predicted octanol–water partition coefficient (Wildman–Crippen LogP) is 2.29. The van der Waals surface area contributed by atoms with E-state index in [1.165, 1.54) is 19.3 Å². The van der Waals surface area contributed by atoms with Crippen LogP contribution in [0.1, 0.15) is 39.0 Å². The SMILES string of the molecule is CCCCCCC#C[C@H](F)CO. The van der Waals surface area contributed by atoms with Gasteiger partial charge < -0.3 is 5.11 Å². The molecular formula is C10H17FO. The van der Waals surface area contributed by atoms with Gasteiger partial charge in [0.05, 0.1) is 6.61 Å². The molecule has 0 amide bonds. The van der Waals surface area contributed by atoms with E-state index in [2.05, 4.69) is 18.8 Å². The van der Waals surface area contributed by atoms with Gasteiger partial charge >= 0.3 is 0 Å². The molecule has 70 valence electrons. The van der Waals surface area contributed by atoms with Crippen molar-refractivity contribution in [3.63, 3.8) is 0 Å². The zero-order chi connectivity index (χ0) is 9.23. The number of hydrogen-bond acceptors (Lipinski definition) is 1. The van der Waals surface area contributed by atoms with Crippen LogP contribution < -0.4 is 0 Å². The summed E-state index contributed by atoms with van der Waals surface area (Å²) >= 11 is 0. The Bertz CT molecular complexity index is 146. The summed E-state index contributed by atoms with van der Waals surface area (Å²) in [7, 11) is 0. The smallest absolute Gasteiger partial charge is 0.183 e. The van der Waals surface area contributed by atoms with Gasteiger partial charge in [0.2, 0.25) is 0 Å². The molecule has 2 heteroatoms. The van der Waals surface area contributed by atoms with Gasteiger partial charge in [-0.1, -0.05) is 32.1 Å². The molecule has 0 aromatic heterocycles. The standard InChI is InChI=1S/C10H17FO/c1-2-3-4-5-6-7-8-10(11)9-12/h10,12H,2-6,9H2,1H3/t10-/m0/s1. The Morgan fingerprint density at radius 3 is 2.67 bits per heavy atom.